The number of aliphatic hydroxyl groups excluding tert-OH is 8. The zero-order valence-corrected chi connectivity index (χ0v) is 62.6. The van der Waals surface area contributed by atoms with E-state index in [0.717, 1.165) is 77.0 Å². The van der Waals surface area contributed by atoms with Crippen molar-refractivity contribution in [2.75, 3.05) is 19.8 Å². The molecule has 1 amide bonds. The topological polar surface area (TPSA) is 228 Å². The second-order valence-electron chi connectivity index (χ2n) is 29.2. The van der Waals surface area contributed by atoms with Gasteiger partial charge < -0.3 is 65.1 Å². The fourth-order valence-electron chi connectivity index (χ4n) is 13.8. The van der Waals surface area contributed by atoms with Crippen molar-refractivity contribution in [2.45, 2.75) is 453 Å². The van der Waals surface area contributed by atoms with E-state index in [0.29, 0.717) is 12.8 Å². The predicted molar refractivity (Wildman–Crippen MR) is 401 cm³/mol. The van der Waals surface area contributed by atoms with Crippen LogP contribution in [-0.2, 0) is 23.7 Å². The summed E-state index contributed by atoms with van der Waals surface area (Å²) in [6.45, 7) is 2.82. The molecule has 9 N–H and O–H groups in total. The highest BCUT2D eigenvalue weighted by atomic mass is 16.7. The van der Waals surface area contributed by atoms with E-state index in [1.54, 1.807) is 0 Å². The lowest BCUT2D eigenvalue weighted by atomic mass is 9.97. The molecule has 12 atom stereocenters. The van der Waals surface area contributed by atoms with E-state index in [1.807, 2.05) is 0 Å². The number of hydrogen-bond donors (Lipinski definition) is 9. The van der Waals surface area contributed by atoms with Crippen LogP contribution in [0.15, 0.2) is 48.6 Å². The first-order valence-corrected chi connectivity index (χ1v) is 41.4. The Balaban J connectivity index is 1.59. The normalized spacial score (nSPS) is 22.3. The van der Waals surface area contributed by atoms with E-state index in [9.17, 15) is 45.6 Å². The fraction of sp³-hybridized carbons (Fsp3) is 0.892. The Morgan fingerprint density at radius 3 is 1.09 bits per heavy atom. The summed E-state index contributed by atoms with van der Waals surface area (Å²) < 4.78 is 23.0. The van der Waals surface area contributed by atoms with Gasteiger partial charge in [-0.05, 0) is 51.4 Å². The van der Waals surface area contributed by atoms with Gasteiger partial charge in [-0.25, -0.2) is 0 Å². The molecule has 2 aliphatic rings. The van der Waals surface area contributed by atoms with Crippen molar-refractivity contribution < 1.29 is 64.6 Å². The third kappa shape index (κ3) is 50.1. The van der Waals surface area contributed by atoms with Crippen LogP contribution in [0, 0.1) is 0 Å². The standard InChI is InChI=1S/C83H155NO13/c1-3-5-7-9-11-13-15-17-19-21-23-25-27-29-31-33-35-36-37-39-41-43-45-47-49-51-53-55-57-59-61-63-65-67-75(88)84-71(70-94-82-80(93)78(91)81(74(69-86)96-82)97-83-79(92)77(90)76(89)73(68-85)95-83)72(87)66-64-62-60-58-56-54-52-50-48-46-44-42-40-38-34-32-30-28-26-24-22-20-18-16-14-12-10-8-6-4-2/h5,7,11,13,17,19,23,25,71-74,76-83,85-87,89-93H,3-4,6,8-10,12,14-16,18,20-22,24,26-70H2,1-2H3,(H,84,88)/b7-5-,13-11-,19-17-,25-23-. The highest BCUT2D eigenvalue weighted by molar-refractivity contribution is 5.76. The summed E-state index contributed by atoms with van der Waals surface area (Å²) in [5.74, 6) is -0.199. The highest BCUT2D eigenvalue weighted by Gasteiger charge is 2.51. The van der Waals surface area contributed by atoms with Gasteiger partial charge in [0.05, 0.1) is 32.0 Å². The van der Waals surface area contributed by atoms with Gasteiger partial charge in [0, 0.05) is 6.42 Å². The average Bonchev–Trinajstić information content (AvgIpc) is 0.794. The molecule has 2 heterocycles. The van der Waals surface area contributed by atoms with Crippen molar-refractivity contribution in [3.63, 3.8) is 0 Å². The molecule has 0 bridgehead atoms. The first kappa shape index (κ1) is 91.0. The zero-order valence-electron chi connectivity index (χ0n) is 62.6. The molecule has 2 fully saturated rings. The maximum absolute atomic E-state index is 13.4. The summed E-state index contributed by atoms with van der Waals surface area (Å²) in [5.41, 5.74) is 0. The molecule has 0 aromatic carbocycles. The molecule has 0 aliphatic carbocycles. The van der Waals surface area contributed by atoms with E-state index in [2.05, 4.69) is 67.8 Å². The van der Waals surface area contributed by atoms with Crippen LogP contribution in [0.4, 0.5) is 0 Å². The molecule has 12 unspecified atom stereocenters. The monoisotopic (exact) mass is 1370 g/mol. The second-order valence-corrected chi connectivity index (χ2v) is 29.2. The first-order valence-electron chi connectivity index (χ1n) is 41.4. The number of aliphatic hydroxyl groups is 8. The molecule has 97 heavy (non-hydrogen) atoms. The van der Waals surface area contributed by atoms with Crippen molar-refractivity contribution in [1.82, 2.24) is 5.32 Å². The molecule has 2 rings (SSSR count). The number of allylic oxidation sites excluding steroid dienone is 8. The molecule has 0 saturated carbocycles. The predicted octanol–water partition coefficient (Wildman–Crippen LogP) is 19.0. The fourth-order valence-corrected chi connectivity index (χ4v) is 13.8. The number of amides is 1. The minimum atomic E-state index is -1.78. The van der Waals surface area contributed by atoms with E-state index in [1.165, 1.54) is 276 Å². The van der Waals surface area contributed by atoms with Crippen LogP contribution in [0.25, 0.3) is 0 Å². The molecule has 570 valence electrons. The second kappa shape index (κ2) is 67.1. The lowest BCUT2D eigenvalue weighted by Crippen LogP contribution is -2.65. The van der Waals surface area contributed by atoms with E-state index in [-0.39, 0.29) is 12.5 Å². The number of ether oxygens (including phenoxy) is 4. The minimum Gasteiger partial charge on any atom is -0.394 e. The number of rotatable bonds is 70. The van der Waals surface area contributed by atoms with Crippen LogP contribution >= 0.6 is 0 Å². The summed E-state index contributed by atoms with van der Waals surface area (Å²) >= 11 is 0. The van der Waals surface area contributed by atoms with Crippen molar-refractivity contribution in [3.05, 3.63) is 48.6 Å². The molecular formula is C83H155NO13. The summed E-state index contributed by atoms with van der Waals surface area (Å²) in [6, 6.07) is -0.830. The Labute approximate surface area is 594 Å². The smallest absolute Gasteiger partial charge is 0.220 e. The molecule has 0 aromatic heterocycles. The van der Waals surface area contributed by atoms with E-state index in [4.69, 9.17) is 18.9 Å². The van der Waals surface area contributed by atoms with E-state index < -0.39 is 86.8 Å². The maximum Gasteiger partial charge on any atom is 0.220 e. The SMILES string of the molecule is CC/C=C\C/C=C\C/C=C\C/C=C\CCCCCCCCCCCCCCCCCCCCCCC(=O)NC(COC1OC(CO)C(OC2OC(CO)C(O)C(O)C2O)C(O)C1O)C(O)CCCCCCCCCCCCCCCCCCCCCCCCCCCCCCCC. The van der Waals surface area contributed by atoms with E-state index >= 15 is 0 Å². The number of hydrogen-bond acceptors (Lipinski definition) is 13. The maximum atomic E-state index is 13.4. The van der Waals surface area contributed by atoms with Crippen LogP contribution in [0.1, 0.15) is 380 Å². The van der Waals surface area contributed by atoms with Gasteiger partial charge in [-0.3, -0.25) is 4.79 Å². The molecular weight excluding hydrogens is 1220 g/mol. The Hall–Kier alpha value is -2.05. The summed E-state index contributed by atoms with van der Waals surface area (Å²) in [6.07, 6.45) is 73.0. The van der Waals surface area contributed by atoms with Crippen molar-refractivity contribution in [2.24, 2.45) is 0 Å². The summed E-state index contributed by atoms with van der Waals surface area (Å²) in [4.78, 5) is 13.4. The van der Waals surface area contributed by atoms with Crippen molar-refractivity contribution in [1.29, 1.82) is 0 Å². The number of unbranched alkanes of at least 4 members (excludes halogenated alkanes) is 49. The Morgan fingerprint density at radius 1 is 0.381 bits per heavy atom. The molecule has 0 spiro atoms. The third-order valence-corrected chi connectivity index (χ3v) is 20.3. The van der Waals surface area contributed by atoms with Crippen molar-refractivity contribution in [3.8, 4) is 0 Å². The molecule has 2 saturated heterocycles. The quantitative estimate of drug-likeness (QED) is 0.0204. The van der Waals surface area contributed by atoms with Crippen LogP contribution in [-0.4, -0.2) is 140 Å². The van der Waals surface area contributed by atoms with Gasteiger partial charge in [0.15, 0.2) is 12.6 Å². The van der Waals surface area contributed by atoms with Gasteiger partial charge in [-0.1, -0.05) is 371 Å². The lowest BCUT2D eigenvalue weighted by molar-refractivity contribution is -0.359. The Bertz CT molecular complexity index is 1810. The van der Waals surface area contributed by atoms with Gasteiger partial charge >= 0.3 is 0 Å². The molecule has 14 nitrogen and oxygen atoms in total. The highest BCUT2D eigenvalue weighted by Crippen LogP contribution is 2.31. The first-order chi connectivity index (χ1) is 47.6. The van der Waals surface area contributed by atoms with Gasteiger partial charge in [0.25, 0.3) is 0 Å². The van der Waals surface area contributed by atoms with Gasteiger partial charge in [-0.2, -0.15) is 0 Å². The largest absolute Gasteiger partial charge is 0.394 e. The number of carbonyl (C=O) groups is 1. The Kier molecular flexibility index (Phi) is 63.0. The van der Waals surface area contributed by atoms with Gasteiger partial charge in [0.2, 0.25) is 5.91 Å². The zero-order chi connectivity index (χ0) is 70.1. The molecule has 2 aliphatic heterocycles. The third-order valence-electron chi connectivity index (χ3n) is 20.3. The number of carbonyl (C=O) groups excluding carboxylic acids is 1. The molecule has 0 radical (unpaired) electrons. The number of nitrogens with one attached hydrogen (secondary N) is 1. The lowest BCUT2D eigenvalue weighted by Gasteiger charge is -2.46. The van der Waals surface area contributed by atoms with Gasteiger partial charge in [0.1, 0.15) is 48.8 Å². The van der Waals surface area contributed by atoms with Gasteiger partial charge in [-0.15, -0.1) is 0 Å². The average molecular weight is 1380 g/mol. The summed E-state index contributed by atoms with van der Waals surface area (Å²) in [7, 11) is 0. The summed E-state index contributed by atoms with van der Waals surface area (Å²) in [5, 5.41) is 87.9. The van der Waals surface area contributed by atoms with Crippen LogP contribution < -0.4 is 5.32 Å². The van der Waals surface area contributed by atoms with Crippen molar-refractivity contribution >= 4 is 5.91 Å². The Morgan fingerprint density at radius 2 is 0.711 bits per heavy atom. The van der Waals surface area contributed by atoms with Crippen LogP contribution in [0.2, 0.25) is 0 Å². The molecule has 14 heteroatoms. The minimum absolute atomic E-state index is 0.199. The van der Waals surface area contributed by atoms with Crippen LogP contribution in [0.3, 0.4) is 0 Å². The molecule has 0 aromatic rings. The van der Waals surface area contributed by atoms with Crippen LogP contribution in [0.5, 0.6) is 0 Å².